The SMILES string of the molecule is CC1=C[C](C)([Ti]([O]C(=O)C(C)(C)C)([O]C(=O)C(C)(C)C)[O]C(=O)C(C)(C)C)C2=C1CCCC2. The van der Waals surface area contributed by atoms with Crippen LogP contribution in [0.1, 0.15) is 102 Å². The van der Waals surface area contributed by atoms with Crippen LogP contribution >= 0.6 is 0 Å². The van der Waals surface area contributed by atoms with Crippen molar-refractivity contribution < 1.29 is 42.1 Å². The summed E-state index contributed by atoms with van der Waals surface area (Å²) < 4.78 is 17.7. The fourth-order valence-corrected chi connectivity index (χ4v) is 9.39. The van der Waals surface area contributed by atoms with Crippen LogP contribution in [0.15, 0.2) is 22.8 Å². The third-order valence-electron chi connectivity index (χ3n) is 6.23. The van der Waals surface area contributed by atoms with Crippen LogP contribution in [0.2, 0.25) is 3.72 Å². The van der Waals surface area contributed by atoms with Gasteiger partial charge in [0.05, 0.1) is 0 Å². The van der Waals surface area contributed by atoms with Crippen LogP contribution in [0.3, 0.4) is 0 Å². The van der Waals surface area contributed by atoms with Crippen LogP contribution in [0.25, 0.3) is 0 Å². The van der Waals surface area contributed by atoms with E-state index in [-0.39, 0.29) is 0 Å². The Bertz CT molecular complexity index is 822. The van der Waals surface area contributed by atoms with Crippen molar-refractivity contribution in [2.45, 2.75) is 106 Å². The number of carbonyl (C=O) groups is 3. The molecule has 33 heavy (non-hydrogen) atoms. The van der Waals surface area contributed by atoms with E-state index >= 15 is 0 Å². The predicted molar refractivity (Wildman–Crippen MR) is 124 cm³/mol. The Labute approximate surface area is 204 Å². The zero-order chi connectivity index (χ0) is 25.6. The summed E-state index contributed by atoms with van der Waals surface area (Å²) in [6.07, 6.45) is 5.79. The van der Waals surface area contributed by atoms with Gasteiger partial charge >= 0.3 is 205 Å². The Morgan fingerprint density at radius 3 is 1.48 bits per heavy atom. The van der Waals surface area contributed by atoms with Crippen LogP contribution in [0, 0.1) is 16.2 Å². The molecule has 186 valence electrons. The summed E-state index contributed by atoms with van der Waals surface area (Å²) in [6, 6.07) is 0. The van der Waals surface area contributed by atoms with Gasteiger partial charge in [0.15, 0.2) is 0 Å². The van der Waals surface area contributed by atoms with Crippen LogP contribution in [-0.2, 0) is 42.1 Å². The van der Waals surface area contributed by atoms with Gasteiger partial charge in [-0.05, 0) is 0 Å². The van der Waals surface area contributed by atoms with Crippen molar-refractivity contribution in [2.24, 2.45) is 16.2 Å². The van der Waals surface area contributed by atoms with Crippen molar-refractivity contribution in [3.63, 3.8) is 0 Å². The molecule has 0 spiro atoms. The van der Waals surface area contributed by atoms with Gasteiger partial charge in [0.1, 0.15) is 0 Å². The van der Waals surface area contributed by atoms with Gasteiger partial charge < -0.3 is 0 Å². The summed E-state index contributed by atoms with van der Waals surface area (Å²) in [4.78, 5) is 39.9. The minimum atomic E-state index is -5.06. The minimum absolute atomic E-state index is 0.539. The second-order valence-electron chi connectivity index (χ2n) is 12.7. The normalized spacial score (nSPS) is 21.8. The standard InChI is InChI=1S/C11H15.3C5H10O2.Ti/c1-8-7-9(2)11-6-4-3-5-10(8)11;3*1-5(2,3)4(6)7;/h7H,3-6H2,1-2H3;3*1-3H3,(H,6,7);/q;;;;+3/p-3. The second-order valence-corrected chi connectivity index (χ2v) is 17.0. The van der Waals surface area contributed by atoms with Gasteiger partial charge in [0.2, 0.25) is 0 Å². The average Bonchev–Trinajstić information content (AvgIpc) is 2.91. The third-order valence-corrected chi connectivity index (χ3v) is 11.0. The molecular weight excluding hydrogens is 456 g/mol. The summed E-state index contributed by atoms with van der Waals surface area (Å²) >= 11 is -5.06. The molecule has 1 atom stereocenters. The molecule has 2 rings (SSSR count). The monoisotopic (exact) mass is 498 g/mol. The van der Waals surface area contributed by atoms with E-state index in [1.807, 2.05) is 19.9 Å². The van der Waals surface area contributed by atoms with Crippen molar-refractivity contribution in [1.82, 2.24) is 0 Å². The molecule has 2 aliphatic rings. The topological polar surface area (TPSA) is 78.9 Å². The first-order valence-corrected chi connectivity index (χ1v) is 14.6. The second kappa shape index (κ2) is 9.00. The van der Waals surface area contributed by atoms with Crippen LogP contribution in [0.4, 0.5) is 0 Å². The first-order valence-electron chi connectivity index (χ1n) is 11.9. The molecule has 6 nitrogen and oxygen atoms in total. The third kappa shape index (κ3) is 5.64. The fourth-order valence-electron chi connectivity index (χ4n) is 4.00. The van der Waals surface area contributed by atoms with Gasteiger partial charge in [-0.1, -0.05) is 0 Å². The van der Waals surface area contributed by atoms with E-state index < -0.39 is 55.6 Å². The molecule has 2 aliphatic carbocycles. The van der Waals surface area contributed by atoms with Crippen LogP contribution in [0.5, 0.6) is 0 Å². The van der Waals surface area contributed by atoms with Gasteiger partial charge in [0.25, 0.3) is 0 Å². The quantitative estimate of drug-likeness (QED) is 0.403. The Morgan fingerprint density at radius 2 is 1.12 bits per heavy atom. The molecule has 0 aromatic carbocycles. The average molecular weight is 498 g/mol. The molecule has 0 amide bonds. The number of hydrogen-bond donors (Lipinski definition) is 0. The predicted octanol–water partition coefficient (Wildman–Crippen LogP) is 6.66. The van der Waals surface area contributed by atoms with Gasteiger partial charge in [0, 0.05) is 0 Å². The molecule has 0 aliphatic heterocycles. The molecular formula is C26H42O6Ti. The van der Waals surface area contributed by atoms with Gasteiger partial charge in [-0.15, -0.1) is 0 Å². The molecule has 0 heterocycles. The van der Waals surface area contributed by atoms with E-state index in [2.05, 4.69) is 0 Å². The Hall–Kier alpha value is -1.40. The first-order chi connectivity index (χ1) is 14.7. The Balaban J connectivity index is 2.80. The number of allylic oxidation sites excluding steroid dienone is 4. The van der Waals surface area contributed by atoms with Gasteiger partial charge in [-0.3, -0.25) is 0 Å². The molecule has 1 unspecified atom stereocenters. The van der Waals surface area contributed by atoms with Crippen molar-refractivity contribution >= 4 is 17.9 Å². The summed E-state index contributed by atoms with van der Waals surface area (Å²) in [5.41, 5.74) is 0.774. The number of rotatable bonds is 4. The van der Waals surface area contributed by atoms with E-state index in [1.165, 1.54) is 5.57 Å². The van der Waals surface area contributed by atoms with Crippen molar-refractivity contribution in [3.8, 4) is 0 Å². The zero-order valence-corrected chi connectivity index (χ0v) is 23.9. The Morgan fingerprint density at radius 1 is 0.758 bits per heavy atom. The van der Waals surface area contributed by atoms with E-state index in [9.17, 15) is 14.4 Å². The number of carbonyl (C=O) groups excluding carboxylic acids is 3. The van der Waals surface area contributed by atoms with Crippen molar-refractivity contribution in [1.29, 1.82) is 0 Å². The Kier molecular flexibility index (Phi) is 7.59. The first kappa shape index (κ1) is 27.8. The van der Waals surface area contributed by atoms with Crippen LogP contribution < -0.4 is 0 Å². The molecule has 0 saturated heterocycles. The summed E-state index contributed by atoms with van der Waals surface area (Å²) in [5.74, 6) is -1.62. The molecule has 0 saturated carbocycles. The summed E-state index contributed by atoms with van der Waals surface area (Å²) in [7, 11) is 0. The van der Waals surface area contributed by atoms with Crippen molar-refractivity contribution in [2.75, 3.05) is 0 Å². The van der Waals surface area contributed by atoms with Crippen LogP contribution in [-0.4, -0.2) is 17.9 Å². The van der Waals surface area contributed by atoms with Gasteiger partial charge in [-0.2, -0.15) is 0 Å². The summed E-state index contributed by atoms with van der Waals surface area (Å²) in [6.45, 7) is 19.6. The maximum atomic E-state index is 13.3. The zero-order valence-electron chi connectivity index (χ0n) is 22.4. The molecule has 0 radical (unpaired) electrons. The number of hydrogen-bond acceptors (Lipinski definition) is 6. The molecule has 7 heteroatoms. The van der Waals surface area contributed by atoms with E-state index in [4.69, 9.17) is 9.96 Å². The molecule has 0 aromatic rings. The van der Waals surface area contributed by atoms with E-state index in [0.29, 0.717) is 0 Å². The summed E-state index contributed by atoms with van der Waals surface area (Å²) in [5, 5.41) is 0. The van der Waals surface area contributed by atoms with Gasteiger partial charge in [-0.25, -0.2) is 0 Å². The molecule has 0 N–H and O–H groups in total. The van der Waals surface area contributed by atoms with Crippen molar-refractivity contribution in [3.05, 3.63) is 22.8 Å². The molecule has 0 bridgehead atoms. The molecule has 0 fully saturated rings. The van der Waals surface area contributed by atoms with E-state index in [0.717, 1.165) is 36.8 Å². The fraction of sp³-hybridized carbons (Fsp3) is 0.731. The molecule has 0 aromatic heterocycles. The maximum absolute atomic E-state index is 13.3. The van der Waals surface area contributed by atoms with E-state index in [1.54, 1.807) is 62.3 Å².